The fourth-order valence-corrected chi connectivity index (χ4v) is 1.43. The van der Waals surface area contributed by atoms with Gasteiger partial charge in [-0.2, -0.15) is 0 Å². The van der Waals surface area contributed by atoms with E-state index < -0.39 is 18.2 Å². The van der Waals surface area contributed by atoms with E-state index in [1.54, 1.807) is 6.92 Å². The van der Waals surface area contributed by atoms with Crippen LogP contribution in [0.3, 0.4) is 0 Å². The molecule has 8 heteroatoms. The molecular weight excluding hydrogens is 250 g/mol. The van der Waals surface area contributed by atoms with Crippen LogP contribution in [0, 0.1) is 0 Å². The first-order valence-electron chi connectivity index (χ1n) is 4.77. The van der Waals surface area contributed by atoms with Crippen LogP contribution in [-0.2, 0) is 9.53 Å². The molecule has 0 saturated carbocycles. The van der Waals surface area contributed by atoms with E-state index in [2.05, 4.69) is 14.7 Å². The van der Waals surface area contributed by atoms with Crippen molar-refractivity contribution in [2.75, 3.05) is 12.3 Å². The van der Waals surface area contributed by atoms with Crippen molar-refractivity contribution >= 4 is 23.4 Å². The van der Waals surface area contributed by atoms with E-state index in [1.165, 1.54) is 0 Å². The highest BCUT2D eigenvalue weighted by atomic mass is 35.5. The molecule has 0 saturated heterocycles. The molecule has 94 valence electrons. The van der Waals surface area contributed by atoms with Gasteiger partial charge in [-0.3, -0.25) is 0 Å². The standard InChI is InChI=1S/C9H12ClN3O4/c1-2-17-9(16)6(15)5(14)4-7(10)12-3-13-8(4)11/h3,5-6,14-15H,2H2,1H3,(H2,11,12,13). The number of hydrogen-bond donors (Lipinski definition) is 3. The number of esters is 1. The first-order chi connectivity index (χ1) is 7.99. The predicted octanol–water partition coefficient (Wildman–Crippen LogP) is -0.330. The van der Waals surface area contributed by atoms with Gasteiger partial charge in [0, 0.05) is 0 Å². The highest BCUT2D eigenvalue weighted by Gasteiger charge is 2.30. The number of anilines is 1. The molecule has 0 bridgehead atoms. The van der Waals surface area contributed by atoms with Crippen molar-refractivity contribution in [3.05, 3.63) is 17.0 Å². The fourth-order valence-electron chi connectivity index (χ4n) is 1.17. The minimum absolute atomic E-state index is 0.0805. The Labute approximate surface area is 102 Å². The Hall–Kier alpha value is -1.44. The number of halogens is 1. The molecular formula is C9H12ClN3O4. The van der Waals surface area contributed by atoms with E-state index in [0.717, 1.165) is 6.33 Å². The summed E-state index contributed by atoms with van der Waals surface area (Å²) >= 11 is 5.70. The summed E-state index contributed by atoms with van der Waals surface area (Å²) in [6.45, 7) is 1.65. The van der Waals surface area contributed by atoms with Crippen molar-refractivity contribution in [3.8, 4) is 0 Å². The number of ether oxygens (including phenoxy) is 1. The van der Waals surface area contributed by atoms with Gasteiger partial charge in [-0.15, -0.1) is 0 Å². The second kappa shape index (κ2) is 5.76. The number of aromatic nitrogens is 2. The zero-order valence-corrected chi connectivity index (χ0v) is 9.76. The molecule has 0 spiro atoms. The van der Waals surface area contributed by atoms with Gasteiger partial charge in [0.15, 0.2) is 6.10 Å². The lowest BCUT2D eigenvalue weighted by Crippen LogP contribution is -2.30. The van der Waals surface area contributed by atoms with E-state index >= 15 is 0 Å². The molecule has 2 unspecified atom stereocenters. The van der Waals surface area contributed by atoms with Gasteiger partial charge in [0.25, 0.3) is 0 Å². The highest BCUT2D eigenvalue weighted by molar-refractivity contribution is 6.30. The van der Waals surface area contributed by atoms with E-state index in [-0.39, 0.29) is 23.1 Å². The third-order valence-corrected chi connectivity index (χ3v) is 2.29. The van der Waals surface area contributed by atoms with Crippen LogP contribution in [0.2, 0.25) is 5.15 Å². The molecule has 0 radical (unpaired) electrons. The number of carbonyl (C=O) groups is 1. The van der Waals surface area contributed by atoms with Crippen LogP contribution in [0.15, 0.2) is 6.33 Å². The van der Waals surface area contributed by atoms with Crippen molar-refractivity contribution in [3.63, 3.8) is 0 Å². The van der Waals surface area contributed by atoms with E-state index in [0.29, 0.717) is 0 Å². The van der Waals surface area contributed by atoms with Crippen LogP contribution in [-0.4, -0.2) is 38.9 Å². The Balaban J connectivity index is 2.96. The average molecular weight is 262 g/mol. The zero-order chi connectivity index (χ0) is 13.0. The fraction of sp³-hybridized carbons (Fsp3) is 0.444. The number of aliphatic hydroxyl groups is 2. The topological polar surface area (TPSA) is 119 Å². The van der Waals surface area contributed by atoms with Gasteiger partial charge in [0.05, 0.1) is 12.2 Å². The summed E-state index contributed by atoms with van der Waals surface area (Å²) < 4.78 is 4.55. The molecule has 4 N–H and O–H groups in total. The number of nitrogens with two attached hydrogens (primary N) is 1. The summed E-state index contributed by atoms with van der Waals surface area (Å²) in [6.07, 6.45) is -2.33. The minimum atomic E-state index is -1.79. The molecule has 0 aliphatic rings. The lowest BCUT2D eigenvalue weighted by atomic mass is 10.1. The van der Waals surface area contributed by atoms with Crippen LogP contribution in [0.1, 0.15) is 18.6 Å². The number of hydrogen-bond acceptors (Lipinski definition) is 7. The van der Waals surface area contributed by atoms with Crippen molar-refractivity contribution in [1.29, 1.82) is 0 Å². The summed E-state index contributed by atoms with van der Waals surface area (Å²) in [5, 5.41) is 19.1. The Kier molecular flexibility index (Phi) is 4.62. The molecule has 0 amide bonds. The summed E-state index contributed by atoms with van der Waals surface area (Å²) in [7, 11) is 0. The number of nitrogen functional groups attached to an aromatic ring is 1. The summed E-state index contributed by atoms with van der Waals surface area (Å²) in [4.78, 5) is 18.4. The van der Waals surface area contributed by atoms with Crippen LogP contribution in [0.25, 0.3) is 0 Å². The third kappa shape index (κ3) is 3.02. The van der Waals surface area contributed by atoms with Gasteiger partial charge in [-0.05, 0) is 6.92 Å². The van der Waals surface area contributed by atoms with Gasteiger partial charge in [-0.1, -0.05) is 11.6 Å². The molecule has 0 aliphatic heterocycles. The lowest BCUT2D eigenvalue weighted by molar-refractivity contribution is -0.159. The average Bonchev–Trinajstić information content (AvgIpc) is 2.27. The maximum Gasteiger partial charge on any atom is 0.338 e. The molecule has 1 heterocycles. The monoisotopic (exact) mass is 261 g/mol. The zero-order valence-electron chi connectivity index (χ0n) is 9.00. The maximum absolute atomic E-state index is 11.2. The van der Waals surface area contributed by atoms with Gasteiger partial charge in [0.2, 0.25) is 0 Å². The van der Waals surface area contributed by atoms with Gasteiger partial charge >= 0.3 is 5.97 Å². The lowest BCUT2D eigenvalue weighted by Gasteiger charge is -2.18. The Morgan fingerprint density at radius 1 is 1.59 bits per heavy atom. The Morgan fingerprint density at radius 3 is 2.76 bits per heavy atom. The van der Waals surface area contributed by atoms with E-state index in [9.17, 15) is 15.0 Å². The van der Waals surface area contributed by atoms with Crippen molar-refractivity contribution in [1.82, 2.24) is 9.97 Å². The quantitative estimate of drug-likeness (QED) is 0.501. The van der Waals surface area contributed by atoms with Crippen LogP contribution in [0.4, 0.5) is 5.82 Å². The van der Waals surface area contributed by atoms with Crippen LogP contribution >= 0.6 is 11.6 Å². The first kappa shape index (κ1) is 13.6. The van der Waals surface area contributed by atoms with Gasteiger partial charge < -0.3 is 20.7 Å². The van der Waals surface area contributed by atoms with Crippen molar-refractivity contribution in [2.45, 2.75) is 19.1 Å². The van der Waals surface area contributed by atoms with Gasteiger partial charge in [0.1, 0.15) is 23.4 Å². The summed E-state index contributed by atoms with van der Waals surface area (Å²) in [6, 6.07) is 0. The molecule has 0 fully saturated rings. The third-order valence-electron chi connectivity index (χ3n) is 1.99. The molecule has 1 aromatic rings. The molecule has 17 heavy (non-hydrogen) atoms. The predicted molar refractivity (Wildman–Crippen MR) is 59.1 cm³/mol. The number of carbonyl (C=O) groups excluding carboxylic acids is 1. The second-order valence-corrected chi connectivity index (χ2v) is 3.46. The highest BCUT2D eigenvalue weighted by Crippen LogP contribution is 2.27. The first-order valence-corrected chi connectivity index (χ1v) is 5.15. The Bertz CT molecular complexity index is 395. The van der Waals surface area contributed by atoms with Crippen LogP contribution < -0.4 is 5.73 Å². The number of rotatable bonds is 4. The molecule has 0 aliphatic carbocycles. The normalized spacial score (nSPS) is 14.1. The summed E-state index contributed by atoms with van der Waals surface area (Å²) in [5.74, 6) is -1.08. The molecule has 7 nitrogen and oxygen atoms in total. The Morgan fingerprint density at radius 2 is 2.24 bits per heavy atom. The van der Waals surface area contributed by atoms with Crippen molar-refractivity contribution < 1.29 is 19.7 Å². The van der Waals surface area contributed by atoms with E-state index in [1.807, 2.05) is 0 Å². The molecule has 1 aromatic heterocycles. The smallest absolute Gasteiger partial charge is 0.338 e. The van der Waals surface area contributed by atoms with Crippen molar-refractivity contribution in [2.24, 2.45) is 0 Å². The van der Waals surface area contributed by atoms with E-state index in [4.69, 9.17) is 17.3 Å². The number of aliphatic hydroxyl groups excluding tert-OH is 2. The van der Waals surface area contributed by atoms with Crippen LogP contribution in [0.5, 0.6) is 0 Å². The molecule has 2 atom stereocenters. The number of nitrogens with zero attached hydrogens (tertiary/aromatic N) is 2. The molecule has 0 aromatic carbocycles. The van der Waals surface area contributed by atoms with Gasteiger partial charge in [-0.25, -0.2) is 14.8 Å². The largest absolute Gasteiger partial charge is 0.464 e. The summed E-state index contributed by atoms with van der Waals surface area (Å²) in [5.41, 5.74) is 5.37. The maximum atomic E-state index is 11.2. The minimum Gasteiger partial charge on any atom is -0.464 e. The SMILES string of the molecule is CCOC(=O)C(O)C(O)c1c(N)ncnc1Cl. The second-order valence-electron chi connectivity index (χ2n) is 3.11. The molecule has 1 rings (SSSR count).